The molecule has 0 aromatic heterocycles. The van der Waals surface area contributed by atoms with E-state index in [1.165, 1.54) is 12.7 Å². The first-order chi connectivity index (χ1) is 7.11. The van der Waals surface area contributed by atoms with Crippen LogP contribution in [0.25, 0.3) is 0 Å². The summed E-state index contributed by atoms with van der Waals surface area (Å²) >= 11 is 3.78. The van der Waals surface area contributed by atoms with Gasteiger partial charge in [-0.3, -0.25) is 4.79 Å². The highest BCUT2D eigenvalue weighted by molar-refractivity contribution is 7.80. The van der Waals surface area contributed by atoms with Gasteiger partial charge in [-0.25, -0.2) is 0 Å². The van der Waals surface area contributed by atoms with E-state index in [0.717, 1.165) is 0 Å². The summed E-state index contributed by atoms with van der Waals surface area (Å²) in [7, 11) is 1.30. The van der Waals surface area contributed by atoms with Crippen LogP contribution >= 0.6 is 12.6 Å². The number of carbonyl (C=O) groups is 1. The van der Waals surface area contributed by atoms with Crippen LogP contribution in [0, 0.1) is 6.92 Å². The molecule has 1 unspecified atom stereocenters. The number of carbonyl (C=O) groups excluding carboxylic acids is 1. The molecule has 0 spiro atoms. The van der Waals surface area contributed by atoms with Gasteiger partial charge in [0, 0.05) is 5.75 Å². The molecule has 0 amide bonds. The van der Waals surface area contributed by atoms with Crippen LogP contribution in [-0.2, 0) is 9.53 Å². The lowest BCUT2D eigenvalue weighted by Crippen LogP contribution is -2.32. The Morgan fingerprint density at radius 1 is 1.47 bits per heavy atom. The molecule has 2 N–H and O–H groups in total. The topological polar surface area (TPSA) is 52.3 Å². The van der Waals surface area contributed by atoms with Crippen molar-refractivity contribution in [3.05, 3.63) is 35.9 Å². The fourth-order valence-corrected chi connectivity index (χ4v) is 0.909. The predicted molar refractivity (Wildman–Crippen MR) is 65.0 cm³/mol. The molecule has 0 bridgehead atoms. The fourth-order valence-electron chi connectivity index (χ4n) is 0.760. The highest BCUT2D eigenvalue weighted by atomic mass is 32.1. The van der Waals surface area contributed by atoms with E-state index in [1.807, 2.05) is 18.2 Å². The summed E-state index contributed by atoms with van der Waals surface area (Å²) < 4.78 is 4.29. The molecule has 4 heteroatoms. The number of hydrogen-bond acceptors (Lipinski definition) is 4. The molecule has 1 aromatic carbocycles. The lowest BCUT2D eigenvalue weighted by Gasteiger charge is -2.02. The van der Waals surface area contributed by atoms with Gasteiger partial charge in [-0.1, -0.05) is 35.9 Å². The van der Waals surface area contributed by atoms with Crippen LogP contribution in [0.5, 0.6) is 0 Å². The Bertz CT molecular complexity index is 277. The number of thiol groups is 1. The molecular weight excluding hydrogens is 210 g/mol. The maximum atomic E-state index is 10.3. The minimum Gasteiger partial charge on any atom is -0.468 e. The van der Waals surface area contributed by atoms with Gasteiger partial charge in [0.1, 0.15) is 6.04 Å². The number of ether oxygens (including phenoxy) is 1. The van der Waals surface area contributed by atoms with Crippen LogP contribution in [0.1, 0.15) is 5.56 Å². The minimum absolute atomic E-state index is 0.326. The lowest BCUT2D eigenvalue weighted by molar-refractivity contribution is -0.141. The van der Waals surface area contributed by atoms with Crippen LogP contribution in [0.3, 0.4) is 0 Å². The van der Waals surface area contributed by atoms with Crippen molar-refractivity contribution in [2.75, 3.05) is 12.9 Å². The van der Waals surface area contributed by atoms with Crippen molar-refractivity contribution in [1.29, 1.82) is 0 Å². The molecule has 3 nitrogen and oxygen atoms in total. The van der Waals surface area contributed by atoms with Gasteiger partial charge in [-0.2, -0.15) is 12.6 Å². The van der Waals surface area contributed by atoms with E-state index in [4.69, 9.17) is 5.73 Å². The van der Waals surface area contributed by atoms with Gasteiger partial charge in [-0.15, -0.1) is 0 Å². The molecule has 0 saturated heterocycles. The predicted octanol–water partition coefficient (Wildman–Crippen LogP) is 1.41. The van der Waals surface area contributed by atoms with Crippen molar-refractivity contribution in [2.45, 2.75) is 13.0 Å². The molecule has 15 heavy (non-hydrogen) atoms. The molecule has 1 aromatic rings. The summed E-state index contributed by atoms with van der Waals surface area (Å²) in [4.78, 5) is 10.3. The van der Waals surface area contributed by atoms with Gasteiger partial charge >= 0.3 is 5.97 Å². The SMILES string of the molecule is COC(=O)C(N)CS.Cc1ccccc1. The van der Waals surface area contributed by atoms with Crippen molar-refractivity contribution >= 4 is 18.6 Å². The van der Waals surface area contributed by atoms with E-state index in [0.29, 0.717) is 5.75 Å². The molecule has 0 fully saturated rings. The van der Waals surface area contributed by atoms with Crippen LogP contribution in [0.2, 0.25) is 0 Å². The highest BCUT2D eigenvalue weighted by Crippen LogP contribution is 1.92. The third kappa shape index (κ3) is 6.99. The lowest BCUT2D eigenvalue weighted by atomic mass is 10.2. The van der Waals surface area contributed by atoms with Crippen molar-refractivity contribution < 1.29 is 9.53 Å². The van der Waals surface area contributed by atoms with Crippen molar-refractivity contribution in [1.82, 2.24) is 0 Å². The van der Waals surface area contributed by atoms with Gasteiger partial charge in [-0.05, 0) is 6.92 Å². The zero-order valence-corrected chi connectivity index (χ0v) is 9.91. The zero-order chi connectivity index (χ0) is 11.7. The minimum atomic E-state index is -0.580. The highest BCUT2D eigenvalue weighted by Gasteiger charge is 2.09. The molecule has 0 radical (unpaired) electrons. The Morgan fingerprint density at radius 3 is 2.20 bits per heavy atom. The second-order valence-electron chi connectivity index (χ2n) is 2.97. The molecule has 0 saturated carbocycles. The van der Waals surface area contributed by atoms with E-state index >= 15 is 0 Å². The van der Waals surface area contributed by atoms with E-state index in [9.17, 15) is 4.79 Å². The van der Waals surface area contributed by atoms with Gasteiger partial charge < -0.3 is 10.5 Å². The second-order valence-corrected chi connectivity index (χ2v) is 3.33. The van der Waals surface area contributed by atoms with E-state index in [-0.39, 0.29) is 0 Å². The molecular formula is C11H17NO2S. The molecule has 1 rings (SSSR count). The van der Waals surface area contributed by atoms with Crippen molar-refractivity contribution in [3.8, 4) is 0 Å². The van der Waals surface area contributed by atoms with E-state index < -0.39 is 12.0 Å². The van der Waals surface area contributed by atoms with E-state index in [2.05, 4.69) is 36.4 Å². The molecule has 1 atom stereocenters. The molecule has 0 aliphatic heterocycles. The first-order valence-corrected chi connectivity index (χ1v) is 5.21. The summed E-state index contributed by atoms with van der Waals surface area (Å²) in [5.41, 5.74) is 6.50. The first kappa shape index (κ1) is 14.0. The monoisotopic (exact) mass is 227 g/mol. The van der Waals surface area contributed by atoms with Crippen molar-refractivity contribution in [2.24, 2.45) is 5.73 Å². The second kappa shape index (κ2) is 8.32. The number of rotatable bonds is 2. The molecule has 0 heterocycles. The Balaban J connectivity index is 0.000000262. The Labute approximate surface area is 96.0 Å². The smallest absolute Gasteiger partial charge is 0.323 e. The third-order valence-corrected chi connectivity index (χ3v) is 2.03. The number of aryl methyl sites for hydroxylation is 1. The van der Waals surface area contributed by atoms with Gasteiger partial charge in [0.05, 0.1) is 7.11 Å². The quantitative estimate of drug-likeness (QED) is 0.593. The normalized spacial score (nSPS) is 10.9. The number of hydrogen-bond donors (Lipinski definition) is 2. The van der Waals surface area contributed by atoms with Crippen molar-refractivity contribution in [3.63, 3.8) is 0 Å². The van der Waals surface area contributed by atoms with Crippen LogP contribution in [0.15, 0.2) is 30.3 Å². The first-order valence-electron chi connectivity index (χ1n) is 4.57. The number of benzene rings is 1. The van der Waals surface area contributed by atoms with Gasteiger partial charge in [0.2, 0.25) is 0 Å². The maximum Gasteiger partial charge on any atom is 0.323 e. The Morgan fingerprint density at radius 2 is 2.00 bits per heavy atom. The summed E-state index contributed by atoms with van der Waals surface area (Å²) in [6.45, 7) is 2.08. The van der Waals surface area contributed by atoms with Gasteiger partial charge in [0.25, 0.3) is 0 Å². The average molecular weight is 227 g/mol. The third-order valence-electron chi connectivity index (χ3n) is 1.64. The number of esters is 1. The zero-order valence-electron chi connectivity index (χ0n) is 9.01. The molecule has 0 aliphatic carbocycles. The Hall–Kier alpha value is -1.00. The number of methoxy groups -OCH3 is 1. The summed E-state index contributed by atoms with van der Waals surface area (Å²) in [6, 6.07) is 9.68. The summed E-state index contributed by atoms with van der Waals surface area (Å²) in [6.07, 6.45) is 0. The average Bonchev–Trinajstić information content (AvgIpc) is 2.29. The standard InChI is InChI=1S/C7H8.C4H9NO2S/c1-7-5-3-2-4-6-7;1-7-4(6)3(5)2-8/h2-6H,1H3;3,8H,2,5H2,1H3. The fraction of sp³-hybridized carbons (Fsp3) is 0.364. The van der Waals surface area contributed by atoms with E-state index in [1.54, 1.807) is 0 Å². The maximum absolute atomic E-state index is 10.3. The molecule has 0 aliphatic rings. The molecule has 84 valence electrons. The van der Waals surface area contributed by atoms with Gasteiger partial charge in [0.15, 0.2) is 0 Å². The van der Waals surface area contributed by atoms with Crippen LogP contribution < -0.4 is 5.73 Å². The summed E-state index contributed by atoms with van der Waals surface area (Å²) in [5.74, 6) is -0.0906. The number of nitrogens with two attached hydrogens (primary N) is 1. The Kier molecular flexibility index (Phi) is 7.77. The summed E-state index contributed by atoms with van der Waals surface area (Å²) in [5, 5.41) is 0. The largest absolute Gasteiger partial charge is 0.468 e. The van der Waals surface area contributed by atoms with Crippen LogP contribution in [0.4, 0.5) is 0 Å². The van der Waals surface area contributed by atoms with Crippen LogP contribution in [-0.4, -0.2) is 24.9 Å².